The fourth-order valence-electron chi connectivity index (χ4n) is 2.95. The van der Waals surface area contributed by atoms with Gasteiger partial charge in [-0.1, -0.05) is 24.3 Å². The summed E-state index contributed by atoms with van der Waals surface area (Å²) in [6, 6.07) is 16.1. The van der Waals surface area contributed by atoms with Crippen LogP contribution in [0.1, 0.15) is 5.82 Å². The van der Waals surface area contributed by atoms with Gasteiger partial charge in [0.15, 0.2) is 0 Å². The summed E-state index contributed by atoms with van der Waals surface area (Å²) in [6.07, 6.45) is 5.49. The normalized spacial score (nSPS) is 11.0. The van der Waals surface area contributed by atoms with E-state index in [-0.39, 0.29) is 0 Å². The molecule has 0 spiro atoms. The Hall–Kier alpha value is -3.28. The Bertz CT molecular complexity index is 991. The second-order valence-corrected chi connectivity index (χ2v) is 6.07. The molecule has 0 amide bonds. The highest BCUT2D eigenvalue weighted by Crippen LogP contribution is 2.24. The maximum Gasteiger partial charge on any atom is 0.142 e. The third kappa shape index (κ3) is 3.39. The van der Waals surface area contributed by atoms with Gasteiger partial charge in [0, 0.05) is 19.4 Å². The lowest BCUT2D eigenvalue weighted by Gasteiger charge is -2.13. The maximum absolute atomic E-state index is 5.95. The van der Waals surface area contributed by atoms with Crippen LogP contribution in [0.3, 0.4) is 0 Å². The van der Waals surface area contributed by atoms with Gasteiger partial charge in [0.05, 0.1) is 36.1 Å². The van der Waals surface area contributed by atoms with Gasteiger partial charge in [0.25, 0.3) is 0 Å². The number of aromatic nitrogens is 4. The average Bonchev–Trinajstić information content (AvgIpc) is 3.30. The van der Waals surface area contributed by atoms with Gasteiger partial charge in [-0.2, -0.15) is 0 Å². The summed E-state index contributed by atoms with van der Waals surface area (Å²) in [5.41, 5.74) is 3.11. The fourth-order valence-corrected chi connectivity index (χ4v) is 2.95. The van der Waals surface area contributed by atoms with Gasteiger partial charge < -0.3 is 19.2 Å². The molecule has 2 aromatic carbocycles. The summed E-state index contributed by atoms with van der Waals surface area (Å²) < 4.78 is 10.1. The standard InChI is InChI=1S/C20H21N5O/c1-24-18-8-4-2-6-16(18)23-20(24)14-22-17-7-3-5-9-19(17)26-13-12-25-11-10-21-15-25/h2-11,15,22H,12-14H2,1H3. The molecule has 0 aliphatic heterocycles. The predicted octanol–water partition coefficient (Wildman–Crippen LogP) is 3.46. The Balaban J connectivity index is 1.43. The maximum atomic E-state index is 5.95. The van der Waals surface area contributed by atoms with Crippen LogP contribution in [0.4, 0.5) is 5.69 Å². The number of nitrogens with one attached hydrogen (secondary N) is 1. The zero-order chi connectivity index (χ0) is 17.8. The monoisotopic (exact) mass is 347 g/mol. The predicted molar refractivity (Wildman–Crippen MR) is 102 cm³/mol. The van der Waals surface area contributed by atoms with Crippen molar-refractivity contribution in [2.45, 2.75) is 13.1 Å². The molecule has 0 bridgehead atoms. The number of nitrogens with zero attached hydrogens (tertiary/aromatic N) is 4. The van der Waals surface area contributed by atoms with E-state index in [1.165, 1.54) is 0 Å². The molecule has 0 atom stereocenters. The average molecular weight is 347 g/mol. The number of anilines is 1. The Kier molecular flexibility index (Phi) is 4.55. The molecule has 4 aromatic rings. The highest BCUT2D eigenvalue weighted by atomic mass is 16.5. The zero-order valence-electron chi connectivity index (χ0n) is 14.7. The first kappa shape index (κ1) is 16.2. The van der Waals surface area contributed by atoms with Gasteiger partial charge in [-0.25, -0.2) is 9.97 Å². The van der Waals surface area contributed by atoms with E-state index in [2.05, 4.69) is 20.9 Å². The van der Waals surface area contributed by atoms with Crippen LogP contribution in [0.5, 0.6) is 5.75 Å². The number of fused-ring (bicyclic) bond motifs is 1. The van der Waals surface area contributed by atoms with E-state index in [1.807, 2.05) is 60.3 Å². The molecule has 4 rings (SSSR count). The van der Waals surface area contributed by atoms with Crippen LogP contribution in [-0.2, 0) is 20.1 Å². The van der Waals surface area contributed by atoms with Gasteiger partial charge in [-0.15, -0.1) is 0 Å². The molecule has 6 heteroatoms. The second kappa shape index (κ2) is 7.31. The van der Waals surface area contributed by atoms with E-state index in [9.17, 15) is 0 Å². The Labute approximate surface area is 152 Å². The number of aryl methyl sites for hydroxylation is 1. The van der Waals surface area contributed by atoms with Crippen LogP contribution in [-0.4, -0.2) is 25.7 Å². The number of imidazole rings is 2. The SMILES string of the molecule is Cn1c(CNc2ccccc2OCCn2ccnc2)nc2ccccc21. The van der Waals surface area contributed by atoms with Crippen molar-refractivity contribution in [1.29, 1.82) is 0 Å². The molecular formula is C20H21N5O. The molecule has 0 aliphatic rings. The second-order valence-electron chi connectivity index (χ2n) is 6.07. The first-order valence-corrected chi connectivity index (χ1v) is 8.63. The minimum absolute atomic E-state index is 0.585. The quantitative estimate of drug-likeness (QED) is 0.556. The molecule has 6 nitrogen and oxygen atoms in total. The molecule has 0 aliphatic carbocycles. The number of rotatable bonds is 7. The molecule has 0 radical (unpaired) electrons. The highest BCUT2D eigenvalue weighted by molar-refractivity contribution is 5.75. The van der Waals surface area contributed by atoms with Crippen molar-refractivity contribution in [3.05, 3.63) is 73.1 Å². The summed E-state index contributed by atoms with van der Waals surface area (Å²) in [7, 11) is 2.04. The molecule has 0 saturated heterocycles. The number of hydrogen-bond acceptors (Lipinski definition) is 4. The van der Waals surface area contributed by atoms with Gasteiger partial charge in [-0.05, 0) is 24.3 Å². The fraction of sp³-hybridized carbons (Fsp3) is 0.200. The summed E-state index contributed by atoms with van der Waals surface area (Å²) in [5.74, 6) is 1.82. The van der Waals surface area contributed by atoms with Crippen LogP contribution >= 0.6 is 0 Å². The van der Waals surface area contributed by atoms with Crippen molar-refractivity contribution >= 4 is 16.7 Å². The van der Waals surface area contributed by atoms with Crippen molar-refractivity contribution in [2.75, 3.05) is 11.9 Å². The Morgan fingerprint density at radius 1 is 1.08 bits per heavy atom. The van der Waals surface area contributed by atoms with Crippen molar-refractivity contribution < 1.29 is 4.74 Å². The van der Waals surface area contributed by atoms with Crippen LogP contribution in [0.2, 0.25) is 0 Å². The van der Waals surface area contributed by atoms with Crippen LogP contribution in [0.15, 0.2) is 67.3 Å². The van der Waals surface area contributed by atoms with Gasteiger partial charge in [0.1, 0.15) is 18.2 Å². The number of ether oxygens (including phenoxy) is 1. The van der Waals surface area contributed by atoms with Crippen molar-refractivity contribution in [3.8, 4) is 5.75 Å². The van der Waals surface area contributed by atoms with E-state index in [1.54, 1.807) is 12.5 Å². The smallest absolute Gasteiger partial charge is 0.142 e. The molecule has 0 saturated carbocycles. The van der Waals surface area contributed by atoms with E-state index >= 15 is 0 Å². The van der Waals surface area contributed by atoms with Crippen molar-refractivity contribution in [3.63, 3.8) is 0 Å². The minimum atomic E-state index is 0.585. The number of hydrogen-bond donors (Lipinski definition) is 1. The summed E-state index contributed by atoms with van der Waals surface area (Å²) in [4.78, 5) is 8.74. The van der Waals surface area contributed by atoms with Crippen LogP contribution in [0.25, 0.3) is 11.0 Å². The van der Waals surface area contributed by atoms with Crippen LogP contribution < -0.4 is 10.1 Å². The highest BCUT2D eigenvalue weighted by Gasteiger charge is 2.08. The lowest BCUT2D eigenvalue weighted by molar-refractivity contribution is 0.299. The van der Waals surface area contributed by atoms with E-state index in [0.717, 1.165) is 34.8 Å². The molecular weight excluding hydrogens is 326 g/mol. The first-order valence-electron chi connectivity index (χ1n) is 8.63. The summed E-state index contributed by atoms with van der Waals surface area (Å²) in [5, 5.41) is 3.45. The first-order chi connectivity index (χ1) is 12.8. The Morgan fingerprint density at radius 3 is 2.77 bits per heavy atom. The molecule has 0 fully saturated rings. The van der Waals surface area contributed by atoms with Crippen molar-refractivity contribution in [1.82, 2.24) is 19.1 Å². The number of benzene rings is 2. The molecule has 0 unspecified atom stereocenters. The number of para-hydroxylation sites is 4. The lowest BCUT2D eigenvalue weighted by atomic mass is 10.3. The topological polar surface area (TPSA) is 56.9 Å². The minimum Gasteiger partial charge on any atom is -0.490 e. The lowest BCUT2D eigenvalue weighted by Crippen LogP contribution is -2.10. The molecule has 1 N–H and O–H groups in total. The van der Waals surface area contributed by atoms with E-state index in [4.69, 9.17) is 9.72 Å². The molecule has 132 valence electrons. The zero-order valence-corrected chi connectivity index (χ0v) is 14.7. The third-order valence-electron chi connectivity index (χ3n) is 4.37. The molecule has 2 aromatic heterocycles. The summed E-state index contributed by atoms with van der Waals surface area (Å²) in [6.45, 7) is 1.98. The largest absolute Gasteiger partial charge is 0.490 e. The molecule has 26 heavy (non-hydrogen) atoms. The van der Waals surface area contributed by atoms with Gasteiger partial charge in [-0.3, -0.25) is 0 Å². The van der Waals surface area contributed by atoms with Crippen molar-refractivity contribution in [2.24, 2.45) is 7.05 Å². The van der Waals surface area contributed by atoms with Gasteiger partial charge >= 0.3 is 0 Å². The Morgan fingerprint density at radius 2 is 1.92 bits per heavy atom. The van der Waals surface area contributed by atoms with Gasteiger partial charge in [0.2, 0.25) is 0 Å². The third-order valence-corrected chi connectivity index (χ3v) is 4.37. The van der Waals surface area contributed by atoms with E-state index in [0.29, 0.717) is 13.2 Å². The van der Waals surface area contributed by atoms with Crippen LogP contribution in [0, 0.1) is 0 Å². The molecule has 2 heterocycles. The van der Waals surface area contributed by atoms with E-state index < -0.39 is 0 Å². The summed E-state index contributed by atoms with van der Waals surface area (Å²) >= 11 is 0.